The second kappa shape index (κ2) is 5.77. The smallest absolute Gasteiger partial charge is 0.270 e. The third-order valence-corrected chi connectivity index (χ3v) is 3.75. The number of fused-ring (bicyclic) bond motifs is 1. The van der Waals surface area contributed by atoms with E-state index in [9.17, 15) is 4.79 Å². The van der Waals surface area contributed by atoms with Gasteiger partial charge in [0, 0.05) is 23.0 Å². The van der Waals surface area contributed by atoms with Crippen molar-refractivity contribution in [1.82, 2.24) is 15.6 Å². The zero-order valence-corrected chi connectivity index (χ0v) is 11.8. The number of piperidine rings is 1. The number of benzene rings is 1. The molecule has 104 valence electrons. The highest BCUT2D eigenvalue weighted by Gasteiger charge is 2.17. The van der Waals surface area contributed by atoms with Crippen LogP contribution in [0.2, 0.25) is 5.02 Å². The molecule has 0 saturated carbocycles. The Hall–Kier alpha value is -1.65. The maximum Gasteiger partial charge on any atom is 0.270 e. The van der Waals surface area contributed by atoms with Gasteiger partial charge in [-0.25, -0.2) is 4.98 Å². The number of hydrogen-bond acceptors (Lipinski definition) is 3. The van der Waals surface area contributed by atoms with Crippen LogP contribution in [0.5, 0.6) is 0 Å². The topological polar surface area (TPSA) is 54.0 Å². The van der Waals surface area contributed by atoms with Crippen molar-refractivity contribution in [2.75, 3.05) is 13.1 Å². The lowest BCUT2D eigenvalue weighted by atomic mass is 10.1. The molecular weight excluding hydrogens is 274 g/mol. The first-order chi connectivity index (χ1) is 9.72. The molecule has 4 nitrogen and oxygen atoms in total. The fraction of sp³-hybridized carbons (Fsp3) is 0.333. The van der Waals surface area contributed by atoms with Crippen molar-refractivity contribution in [3.8, 4) is 0 Å². The molecule has 2 N–H and O–H groups in total. The Balaban J connectivity index is 1.80. The number of carbonyl (C=O) groups is 1. The summed E-state index contributed by atoms with van der Waals surface area (Å²) in [6.07, 6.45) is 2.10. The van der Waals surface area contributed by atoms with Gasteiger partial charge in [-0.1, -0.05) is 23.7 Å². The molecule has 2 heterocycles. The van der Waals surface area contributed by atoms with E-state index in [0.29, 0.717) is 10.7 Å². The first-order valence-corrected chi connectivity index (χ1v) is 7.18. The number of halogens is 1. The molecule has 1 aliphatic heterocycles. The molecule has 5 heteroatoms. The molecule has 0 aliphatic carbocycles. The molecule has 0 bridgehead atoms. The summed E-state index contributed by atoms with van der Waals surface area (Å²) in [6, 6.07) is 9.33. The monoisotopic (exact) mass is 289 g/mol. The minimum atomic E-state index is -0.124. The third kappa shape index (κ3) is 2.92. The summed E-state index contributed by atoms with van der Waals surface area (Å²) in [5, 5.41) is 7.89. The molecule has 0 radical (unpaired) electrons. The Labute approximate surface area is 122 Å². The highest BCUT2D eigenvalue weighted by atomic mass is 35.5. The van der Waals surface area contributed by atoms with Crippen LogP contribution in [0.15, 0.2) is 30.3 Å². The van der Waals surface area contributed by atoms with Gasteiger partial charge < -0.3 is 10.6 Å². The van der Waals surface area contributed by atoms with E-state index in [-0.39, 0.29) is 11.9 Å². The van der Waals surface area contributed by atoms with Gasteiger partial charge in [-0.15, -0.1) is 0 Å². The van der Waals surface area contributed by atoms with Crippen LogP contribution in [0.4, 0.5) is 0 Å². The average Bonchev–Trinajstić information content (AvgIpc) is 2.47. The Kier molecular flexibility index (Phi) is 3.85. The van der Waals surface area contributed by atoms with Gasteiger partial charge >= 0.3 is 0 Å². The van der Waals surface area contributed by atoms with Gasteiger partial charge in [0.2, 0.25) is 0 Å². The minimum Gasteiger partial charge on any atom is -0.347 e. The Morgan fingerprint density at radius 1 is 1.35 bits per heavy atom. The predicted molar refractivity (Wildman–Crippen MR) is 80.1 cm³/mol. The Bertz CT molecular complexity index is 638. The Morgan fingerprint density at radius 3 is 3.00 bits per heavy atom. The molecule has 1 aliphatic rings. The van der Waals surface area contributed by atoms with E-state index in [1.807, 2.05) is 18.2 Å². The van der Waals surface area contributed by atoms with Gasteiger partial charge in [-0.05, 0) is 37.6 Å². The number of rotatable bonds is 2. The van der Waals surface area contributed by atoms with Gasteiger partial charge in [0.05, 0.1) is 5.52 Å². The fourth-order valence-electron chi connectivity index (χ4n) is 2.45. The first kappa shape index (κ1) is 13.3. The normalized spacial score (nSPS) is 18.9. The summed E-state index contributed by atoms with van der Waals surface area (Å²) in [6.45, 7) is 1.85. The fourth-order valence-corrected chi connectivity index (χ4v) is 2.62. The maximum absolute atomic E-state index is 12.2. The molecule has 0 spiro atoms. The number of aromatic nitrogens is 1. The van der Waals surface area contributed by atoms with Crippen LogP contribution < -0.4 is 10.6 Å². The van der Waals surface area contributed by atoms with E-state index in [1.165, 1.54) is 0 Å². The summed E-state index contributed by atoms with van der Waals surface area (Å²) < 4.78 is 0. The van der Waals surface area contributed by atoms with Crippen LogP contribution >= 0.6 is 11.6 Å². The number of amides is 1. The van der Waals surface area contributed by atoms with E-state index in [4.69, 9.17) is 11.6 Å². The highest BCUT2D eigenvalue weighted by Crippen LogP contribution is 2.18. The lowest BCUT2D eigenvalue weighted by Gasteiger charge is -2.23. The Morgan fingerprint density at radius 2 is 2.20 bits per heavy atom. The second-order valence-corrected chi connectivity index (χ2v) is 5.49. The maximum atomic E-state index is 12.2. The predicted octanol–water partition coefficient (Wildman–Crippen LogP) is 2.37. The molecule has 3 rings (SSSR count). The van der Waals surface area contributed by atoms with Crippen LogP contribution in [0.25, 0.3) is 10.9 Å². The number of hydrogen-bond donors (Lipinski definition) is 2. The van der Waals surface area contributed by atoms with Gasteiger partial charge in [0.15, 0.2) is 0 Å². The number of carbonyl (C=O) groups excluding carboxylic acids is 1. The molecule has 1 saturated heterocycles. The first-order valence-electron chi connectivity index (χ1n) is 6.80. The molecule has 20 heavy (non-hydrogen) atoms. The second-order valence-electron chi connectivity index (χ2n) is 5.05. The van der Waals surface area contributed by atoms with Crippen molar-refractivity contribution in [2.24, 2.45) is 0 Å². The molecule has 2 aromatic rings. The largest absolute Gasteiger partial charge is 0.347 e. The SMILES string of the molecule is O=C(N[C@H]1CCCNC1)c1ccc2ccc(Cl)cc2n1. The van der Waals surface area contributed by atoms with E-state index in [0.717, 1.165) is 36.8 Å². The summed E-state index contributed by atoms with van der Waals surface area (Å²) in [4.78, 5) is 16.6. The summed E-state index contributed by atoms with van der Waals surface area (Å²) in [5.41, 5.74) is 1.18. The number of nitrogens with one attached hydrogen (secondary N) is 2. The van der Waals surface area contributed by atoms with Crippen LogP contribution in [0, 0.1) is 0 Å². The molecule has 1 atom stereocenters. The summed E-state index contributed by atoms with van der Waals surface area (Å²) in [5.74, 6) is -0.124. The lowest BCUT2D eigenvalue weighted by Crippen LogP contribution is -2.45. The van der Waals surface area contributed by atoms with Crippen molar-refractivity contribution < 1.29 is 4.79 Å². The van der Waals surface area contributed by atoms with E-state index >= 15 is 0 Å². The van der Waals surface area contributed by atoms with Gasteiger partial charge in [0.1, 0.15) is 5.69 Å². The van der Waals surface area contributed by atoms with E-state index < -0.39 is 0 Å². The van der Waals surface area contributed by atoms with Gasteiger partial charge in [-0.2, -0.15) is 0 Å². The standard InChI is InChI=1S/C15H16ClN3O/c16-11-5-3-10-4-6-13(19-14(10)8-11)15(20)18-12-2-1-7-17-9-12/h3-6,8,12,17H,1-2,7,9H2,(H,18,20)/t12-/m0/s1. The van der Waals surface area contributed by atoms with Crippen molar-refractivity contribution in [2.45, 2.75) is 18.9 Å². The molecule has 1 aromatic carbocycles. The van der Waals surface area contributed by atoms with Gasteiger partial charge in [0.25, 0.3) is 5.91 Å². The van der Waals surface area contributed by atoms with E-state index in [2.05, 4.69) is 15.6 Å². The van der Waals surface area contributed by atoms with Crippen LogP contribution in [0.1, 0.15) is 23.3 Å². The number of nitrogens with zero attached hydrogens (tertiary/aromatic N) is 1. The molecule has 1 aromatic heterocycles. The average molecular weight is 290 g/mol. The van der Waals surface area contributed by atoms with Crippen molar-refractivity contribution >= 4 is 28.4 Å². The quantitative estimate of drug-likeness (QED) is 0.892. The van der Waals surface area contributed by atoms with Crippen molar-refractivity contribution in [3.63, 3.8) is 0 Å². The lowest BCUT2D eigenvalue weighted by molar-refractivity contribution is 0.0926. The van der Waals surface area contributed by atoms with E-state index in [1.54, 1.807) is 12.1 Å². The molecule has 0 unspecified atom stereocenters. The zero-order valence-electron chi connectivity index (χ0n) is 11.0. The van der Waals surface area contributed by atoms with Crippen LogP contribution in [-0.2, 0) is 0 Å². The molecular formula is C15H16ClN3O. The summed E-state index contributed by atoms with van der Waals surface area (Å²) in [7, 11) is 0. The van der Waals surface area contributed by atoms with Crippen LogP contribution in [0.3, 0.4) is 0 Å². The van der Waals surface area contributed by atoms with Gasteiger partial charge in [-0.3, -0.25) is 4.79 Å². The third-order valence-electron chi connectivity index (χ3n) is 3.52. The molecule has 1 amide bonds. The summed E-state index contributed by atoms with van der Waals surface area (Å²) >= 11 is 5.96. The number of pyridine rings is 1. The minimum absolute atomic E-state index is 0.124. The van der Waals surface area contributed by atoms with Crippen LogP contribution in [-0.4, -0.2) is 30.0 Å². The molecule has 1 fully saturated rings. The highest BCUT2D eigenvalue weighted by molar-refractivity contribution is 6.31. The van der Waals surface area contributed by atoms with Crippen molar-refractivity contribution in [1.29, 1.82) is 0 Å². The zero-order chi connectivity index (χ0) is 13.9. The van der Waals surface area contributed by atoms with Crippen molar-refractivity contribution in [3.05, 3.63) is 41.0 Å².